The predicted molar refractivity (Wildman–Crippen MR) is 96.2 cm³/mol. The van der Waals surface area contributed by atoms with E-state index in [1.807, 2.05) is 20.8 Å². The van der Waals surface area contributed by atoms with Gasteiger partial charge in [0, 0.05) is 30.8 Å². The van der Waals surface area contributed by atoms with Gasteiger partial charge in [-0.2, -0.15) is 0 Å². The fraction of sp³-hybridized carbons (Fsp3) is 0.556. The molecular weight excluding hydrogens is 322 g/mol. The van der Waals surface area contributed by atoms with Crippen molar-refractivity contribution in [3.63, 3.8) is 0 Å². The van der Waals surface area contributed by atoms with Crippen LogP contribution < -0.4 is 10.6 Å². The molecule has 3 rings (SSSR count). The summed E-state index contributed by atoms with van der Waals surface area (Å²) in [4.78, 5) is 26.8. The van der Waals surface area contributed by atoms with Crippen LogP contribution in [-0.2, 0) is 29.2 Å². The Morgan fingerprint density at radius 1 is 1.29 bits per heavy atom. The molecule has 0 radical (unpaired) electrons. The van der Waals surface area contributed by atoms with Crippen molar-refractivity contribution in [1.82, 2.24) is 15.5 Å². The third-order valence-corrected chi connectivity index (χ3v) is 5.47. The summed E-state index contributed by atoms with van der Waals surface area (Å²) in [5.41, 5.74) is 3.28. The minimum absolute atomic E-state index is 0.0382. The zero-order valence-electron chi connectivity index (χ0n) is 14.5. The van der Waals surface area contributed by atoms with Crippen LogP contribution in [0.1, 0.15) is 37.5 Å². The predicted octanol–water partition coefficient (Wildman–Crippen LogP) is 1.85. The fourth-order valence-electron chi connectivity index (χ4n) is 3.06. The highest BCUT2D eigenvalue weighted by molar-refractivity contribution is 7.99. The number of carbonyl (C=O) groups is 2. The summed E-state index contributed by atoms with van der Waals surface area (Å²) in [6, 6.07) is 5.97. The minimum Gasteiger partial charge on any atom is -0.350 e. The Hall–Kier alpha value is -1.53. The van der Waals surface area contributed by atoms with Gasteiger partial charge in [-0.3, -0.25) is 9.59 Å². The largest absolute Gasteiger partial charge is 0.350 e. The minimum atomic E-state index is -0.462. The lowest BCUT2D eigenvalue weighted by molar-refractivity contribution is -0.144. The molecule has 0 spiro atoms. The molecule has 2 heterocycles. The average molecular weight is 347 g/mol. The van der Waals surface area contributed by atoms with E-state index in [2.05, 4.69) is 28.8 Å². The van der Waals surface area contributed by atoms with Crippen LogP contribution in [0.2, 0.25) is 0 Å². The van der Waals surface area contributed by atoms with Gasteiger partial charge in [0.1, 0.15) is 6.04 Å². The first-order valence-electron chi connectivity index (χ1n) is 8.34. The van der Waals surface area contributed by atoms with Crippen LogP contribution in [-0.4, -0.2) is 34.4 Å². The van der Waals surface area contributed by atoms with E-state index in [4.69, 9.17) is 0 Å². The standard InChI is InChI=1S/C18H25N3O2S/c1-18(2,3)17(23)21-11-24-10-15(21)16(22)20-7-12-4-5-13-8-19-9-14(13)6-12/h4-6,15,19H,7-11H2,1-3H3,(H,20,22). The van der Waals surface area contributed by atoms with E-state index >= 15 is 0 Å². The molecule has 2 aliphatic heterocycles. The lowest BCUT2D eigenvalue weighted by Gasteiger charge is -2.29. The van der Waals surface area contributed by atoms with Crippen LogP contribution in [0.25, 0.3) is 0 Å². The number of amides is 2. The van der Waals surface area contributed by atoms with Gasteiger partial charge in [0.2, 0.25) is 11.8 Å². The van der Waals surface area contributed by atoms with Gasteiger partial charge < -0.3 is 15.5 Å². The molecule has 1 aromatic rings. The Kier molecular flexibility index (Phi) is 4.88. The van der Waals surface area contributed by atoms with Crippen LogP contribution >= 0.6 is 11.8 Å². The molecule has 0 saturated carbocycles. The first-order chi connectivity index (χ1) is 11.4. The third kappa shape index (κ3) is 3.59. The van der Waals surface area contributed by atoms with E-state index in [1.54, 1.807) is 16.7 Å². The molecular formula is C18H25N3O2S. The average Bonchev–Trinajstić information content (AvgIpc) is 3.19. The second kappa shape index (κ2) is 6.76. The maximum Gasteiger partial charge on any atom is 0.243 e. The number of hydrogen-bond donors (Lipinski definition) is 2. The van der Waals surface area contributed by atoms with Crippen molar-refractivity contribution in [1.29, 1.82) is 0 Å². The molecule has 6 heteroatoms. The number of hydrogen-bond acceptors (Lipinski definition) is 4. The Morgan fingerprint density at radius 3 is 2.79 bits per heavy atom. The summed E-state index contributed by atoms with van der Waals surface area (Å²) in [6.07, 6.45) is 0. The summed E-state index contributed by atoms with van der Waals surface area (Å²) in [5, 5.41) is 6.32. The maximum atomic E-state index is 12.6. The van der Waals surface area contributed by atoms with E-state index in [-0.39, 0.29) is 17.9 Å². The normalized spacial score (nSPS) is 20.1. The van der Waals surface area contributed by atoms with Gasteiger partial charge >= 0.3 is 0 Å². The van der Waals surface area contributed by atoms with Crippen LogP contribution in [0.4, 0.5) is 0 Å². The van der Waals surface area contributed by atoms with Crippen molar-refractivity contribution in [2.75, 3.05) is 11.6 Å². The summed E-state index contributed by atoms with van der Waals surface area (Å²) in [6.45, 7) is 8.00. The van der Waals surface area contributed by atoms with Crippen molar-refractivity contribution in [2.45, 2.75) is 46.4 Å². The molecule has 2 aliphatic rings. The molecule has 0 aliphatic carbocycles. The van der Waals surface area contributed by atoms with Gasteiger partial charge in [0.05, 0.1) is 5.88 Å². The Balaban J connectivity index is 1.61. The van der Waals surface area contributed by atoms with Crippen molar-refractivity contribution >= 4 is 23.6 Å². The third-order valence-electron chi connectivity index (χ3n) is 4.46. The quantitative estimate of drug-likeness (QED) is 0.876. The molecule has 1 saturated heterocycles. The number of rotatable bonds is 3. The first kappa shape index (κ1) is 17.3. The summed E-state index contributed by atoms with van der Waals surface area (Å²) < 4.78 is 0. The molecule has 2 amide bonds. The second-order valence-corrected chi connectivity index (χ2v) is 8.46. The highest BCUT2D eigenvalue weighted by Crippen LogP contribution is 2.27. The van der Waals surface area contributed by atoms with E-state index in [9.17, 15) is 9.59 Å². The van der Waals surface area contributed by atoms with Crippen LogP contribution in [0.3, 0.4) is 0 Å². The summed E-state index contributed by atoms with van der Waals surface area (Å²) >= 11 is 1.64. The summed E-state index contributed by atoms with van der Waals surface area (Å²) in [7, 11) is 0. The number of fused-ring (bicyclic) bond motifs is 1. The zero-order chi connectivity index (χ0) is 17.3. The Morgan fingerprint density at radius 2 is 2.04 bits per heavy atom. The van der Waals surface area contributed by atoms with Gasteiger partial charge in [0.15, 0.2) is 0 Å². The lowest BCUT2D eigenvalue weighted by atomic mass is 9.94. The highest BCUT2D eigenvalue weighted by atomic mass is 32.2. The van der Waals surface area contributed by atoms with Crippen molar-refractivity contribution in [3.05, 3.63) is 34.9 Å². The first-order valence-corrected chi connectivity index (χ1v) is 9.49. The molecule has 2 N–H and O–H groups in total. The monoisotopic (exact) mass is 347 g/mol. The van der Waals surface area contributed by atoms with Crippen molar-refractivity contribution in [2.24, 2.45) is 5.41 Å². The van der Waals surface area contributed by atoms with Gasteiger partial charge in [0.25, 0.3) is 0 Å². The van der Waals surface area contributed by atoms with Crippen LogP contribution in [0, 0.1) is 5.41 Å². The van der Waals surface area contributed by atoms with Gasteiger partial charge in [-0.1, -0.05) is 39.0 Å². The van der Waals surface area contributed by atoms with Crippen LogP contribution in [0.5, 0.6) is 0 Å². The number of nitrogens with one attached hydrogen (secondary N) is 2. The van der Waals surface area contributed by atoms with Crippen molar-refractivity contribution < 1.29 is 9.59 Å². The smallest absolute Gasteiger partial charge is 0.243 e. The SMILES string of the molecule is CC(C)(C)C(=O)N1CSCC1C(=O)NCc1ccc2c(c1)CNC2. The molecule has 1 fully saturated rings. The summed E-state index contributed by atoms with van der Waals surface area (Å²) in [5.74, 6) is 1.24. The highest BCUT2D eigenvalue weighted by Gasteiger charge is 2.38. The van der Waals surface area contributed by atoms with Crippen LogP contribution in [0.15, 0.2) is 18.2 Å². The molecule has 0 bridgehead atoms. The second-order valence-electron chi connectivity index (χ2n) is 7.47. The molecule has 1 unspecified atom stereocenters. The molecule has 1 aromatic carbocycles. The van der Waals surface area contributed by atoms with Crippen molar-refractivity contribution in [3.8, 4) is 0 Å². The Bertz CT molecular complexity index is 654. The number of nitrogens with zero attached hydrogens (tertiary/aromatic N) is 1. The molecule has 1 atom stereocenters. The van der Waals surface area contributed by atoms with Gasteiger partial charge in [-0.05, 0) is 16.7 Å². The maximum absolute atomic E-state index is 12.6. The van der Waals surface area contributed by atoms with E-state index in [0.717, 1.165) is 18.7 Å². The number of thioether (sulfide) groups is 1. The van der Waals surface area contributed by atoms with E-state index < -0.39 is 5.41 Å². The van der Waals surface area contributed by atoms with Gasteiger partial charge in [-0.25, -0.2) is 0 Å². The van der Waals surface area contributed by atoms with E-state index in [1.165, 1.54) is 11.1 Å². The topological polar surface area (TPSA) is 61.4 Å². The molecule has 130 valence electrons. The molecule has 0 aromatic heterocycles. The van der Waals surface area contributed by atoms with E-state index in [0.29, 0.717) is 18.2 Å². The molecule has 24 heavy (non-hydrogen) atoms. The number of benzene rings is 1. The zero-order valence-corrected chi connectivity index (χ0v) is 15.3. The fourth-order valence-corrected chi connectivity index (χ4v) is 4.21. The lowest BCUT2D eigenvalue weighted by Crippen LogP contribution is -2.50. The Labute approximate surface area is 147 Å². The number of carbonyl (C=O) groups excluding carboxylic acids is 2. The van der Waals surface area contributed by atoms with Gasteiger partial charge in [-0.15, -0.1) is 11.8 Å². The molecule has 5 nitrogen and oxygen atoms in total.